The van der Waals surface area contributed by atoms with Crippen LogP contribution in [0.5, 0.6) is 5.75 Å². The number of ketones is 1. The zero-order valence-electron chi connectivity index (χ0n) is 15.1. The van der Waals surface area contributed by atoms with Crippen LogP contribution in [0.1, 0.15) is 30.4 Å². The second-order valence-electron chi connectivity index (χ2n) is 6.75. The van der Waals surface area contributed by atoms with E-state index < -0.39 is 0 Å². The van der Waals surface area contributed by atoms with Gasteiger partial charge in [-0.2, -0.15) is 35.9 Å². The van der Waals surface area contributed by atoms with Crippen LogP contribution in [0.15, 0.2) is 48.5 Å². The van der Waals surface area contributed by atoms with Crippen molar-refractivity contribution in [3.63, 3.8) is 0 Å². The van der Waals surface area contributed by atoms with Crippen molar-refractivity contribution in [3.05, 3.63) is 65.7 Å². The summed E-state index contributed by atoms with van der Waals surface area (Å²) in [6.07, 6.45) is 4.28. The van der Waals surface area contributed by atoms with Crippen LogP contribution in [0.25, 0.3) is 0 Å². The van der Waals surface area contributed by atoms with Crippen LogP contribution >= 0.6 is 0 Å². The smallest absolute Gasteiger partial charge is 0.139 e. The fraction of sp³-hybridized carbons (Fsp3) is 0.409. The minimum absolute atomic E-state index is 0. The summed E-state index contributed by atoms with van der Waals surface area (Å²) in [4.78, 5) is 12.3. The molecule has 0 heterocycles. The number of carbonyl (C=O) groups excluding carboxylic acids is 1. The first-order valence-corrected chi connectivity index (χ1v) is 9.06. The van der Waals surface area contributed by atoms with Crippen LogP contribution in [0.2, 0.25) is 0 Å². The van der Waals surface area contributed by atoms with Crippen molar-refractivity contribution >= 4 is 5.78 Å². The van der Waals surface area contributed by atoms with Gasteiger partial charge in [0.1, 0.15) is 11.5 Å². The van der Waals surface area contributed by atoms with Crippen LogP contribution in [0.4, 0.5) is 0 Å². The Kier molecular flexibility index (Phi) is 8.97. The first-order chi connectivity index (χ1) is 12.3. The summed E-state index contributed by atoms with van der Waals surface area (Å²) >= 11 is 0. The molecule has 0 saturated heterocycles. The third kappa shape index (κ3) is 6.01. The van der Waals surface area contributed by atoms with E-state index in [1.807, 2.05) is 36.4 Å². The number of aliphatic hydroxyl groups excluding tert-OH is 1. The van der Waals surface area contributed by atoms with E-state index in [1.54, 1.807) is 0 Å². The van der Waals surface area contributed by atoms with Crippen molar-refractivity contribution in [2.45, 2.75) is 32.1 Å². The summed E-state index contributed by atoms with van der Waals surface area (Å²) in [6, 6.07) is 18.9. The van der Waals surface area contributed by atoms with E-state index in [4.69, 9.17) is 9.84 Å². The average molecular weight is 426 g/mol. The van der Waals surface area contributed by atoms with Crippen molar-refractivity contribution in [3.8, 4) is 5.75 Å². The van der Waals surface area contributed by atoms with Gasteiger partial charge in [0, 0.05) is 45.7 Å². The first-order valence-electron chi connectivity index (χ1n) is 9.06. The summed E-state index contributed by atoms with van der Waals surface area (Å²) < 4.78 is 5.92. The molecule has 1 aliphatic rings. The van der Waals surface area contributed by atoms with E-state index >= 15 is 0 Å². The number of benzene rings is 2. The number of ether oxygens (including phenoxy) is 1. The molecular weight excluding hydrogens is 401 g/mol. The Morgan fingerprint density at radius 3 is 2.69 bits per heavy atom. The number of hydrogen-bond acceptors (Lipinski definition) is 3. The molecule has 26 heavy (non-hydrogen) atoms. The van der Waals surface area contributed by atoms with Crippen LogP contribution in [0, 0.1) is 17.9 Å². The molecule has 2 aromatic rings. The molecule has 0 amide bonds. The molecule has 0 unspecified atom stereocenters. The minimum Gasteiger partial charge on any atom is -0.493 e. The molecule has 0 aliphatic heterocycles. The molecule has 4 heteroatoms. The molecule has 2 aromatic carbocycles. The summed E-state index contributed by atoms with van der Waals surface area (Å²) in [7, 11) is 0. The number of carbonyl (C=O) groups is 1. The molecule has 0 aromatic heterocycles. The Balaban J connectivity index is 0.00000243. The topological polar surface area (TPSA) is 46.5 Å². The van der Waals surface area contributed by atoms with Crippen LogP contribution in [-0.2, 0) is 50.3 Å². The molecule has 0 spiro atoms. The van der Waals surface area contributed by atoms with Gasteiger partial charge < -0.3 is 9.84 Å². The van der Waals surface area contributed by atoms with Crippen LogP contribution < -0.4 is 4.74 Å². The van der Waals surface area contributed by atoms with Gasteiger partial charge in [0.15, 0.2) is 0 Å². The maximum Gasteiger partial charge on any atom is 0.139 e. The predicted octanol–water partition coefficient (Wildman–Crippen LogP) is 3.63. The van der Waals surface area contributed by atoms with E-state index in [0.717, 1.165) is 30.6 Å². The van der Waals surface area contributed by atoms with Gasteiger partial charge in [-0.1, -0.05) is 18.6 Å². The third-order valence-electron chi connectivity index (χ3n) is 5.06. The van der Waals surface area contributed by atoms with Crippen molar-refractivity contribution in [2.75, 3.05) is 13.2 Å². The quantitative estimate of drug-likeness (QED) is 0.656. The monoisotopic (exact) mass is 426 g/mol. The zero-order chi connectivity index (χ0) is 17.5. The maximum atomic E-state index is 12.3. The second kappa shape index (κ2) is 11.0. The van der Waals surface area contributed by atoms with E-state index in [1.165, 1.54) is 5.56 Å². The van der Waals surface area contributed by atoms with Crippen molar-refractivity contribution in [1.29, 1.82) is 0 Å². The maximum absolute atomic E-state index is 12.3. The Morgan fingerprint density at radius 1 is 1.12 bits per heavy atom. The molecular formula is C22H25O3Y-. The number of aryl methyl sites for hydroxylation is 1. The fourth-order valence-corrected chi connectivity index (χ4v) is 3.60. The van der Waals surface area contributed by atoms with Gasteiger partial charge in [-0.25, -0.2) is 0 Å². The average Bonchev–Trinajstić information content (AvgIpc) is 2.99. The first kappa shape index (κ1) is 21.3. The molecule has 1 N–H and O–H groups in total. The van der Waals surface area contributed by atoms with Gasteiger partial charge in [0.25, 0.3) is 0 Å². The number of rotatable bonds is 8. The van der Waals surface area contributed by atoms with Crippen molar-refractivity contribution in [2.24, 2.45) is 11.8 Å². The minimum atomic E-state index is -0.00299. The molecule has 3 rings (SSSR count). The van der Waals surface area contributed by atoms with E-state index in [0.29, 0.717) is 31.1 Å². The fourth-order valence-electron chi connectivity index (χ4n) is 3.60. The van der Waals surface area contributed by atoms with E-state index in [9.17, 15) is 4.79 Å². The molecule has 1 aliphatic carbocycles. The summed E-state index contributed by atoms with van der Waals surface area (Å²) in [5, 5.41) is 9.05. The normalized spacial score (nSPS) is 19.2. The predicted molar refractivity (Wildman–Crippen MR) is 97.5 cm³/mol. The molecule has 1 fully saturated rings. The van der Waals surface area contributed by atoms with Crippen LogP contribution in [-0.4, -0.2) is 24.1 Å². The third-order valence-corrected chi connectivity index (χ3v) is 5.06. The number of hydrogen-bond donors (Lipinski definition) is 1. The largest absolute Gasteiger partial charge is 0.493 e. The molecule has 3 nitrogen and oxygen atoms in total. The Hall–Kier alpha value is -1.03. The summed E-state index contributed by atoms with van der Waals surface area (Å²) in [6.45, 7) is 0.582. The van der Waals surface area contributed by atoms with Gasteiger partial charge in [-0.05, 0) is 42.9 Å². The number of aliphatic hydroxyl groups is 1. The zero-order valence-corrected chi connectivity index (χ0v) is 17.9. The van der Waals surface area contributed by atoms with Gasteiger partial charge >= 0.3 is 0 Å². The Bertz CT molecular complexity index is 687. The summed E-state index contributed by atoms with van der Waals surface area (Å²) in [5.41, 5.74) is 2.35. The molecule has 1 radical (unpaired) electrons. The van der Waals surface area contributed by atoms with Crippen molar-refractivity contribution < 1.29 is 47.3 Å². The van der Waals surface area contributed by atoms with E-state index in [2.05, 4.69) is 18.2 Å². The van der Waals surface area contributed by atoms with E-state index in [-0.39, 0.29) is 45.2 Å². The Morgan fingerprint density at radius 2 is 1.92 bits per heavy atom. The molecule has 0 bridgehead atoms. The van der Waals surface area contributed by atoms with Gasteiger partial charge in [-0.15, -0.1) is 0 Å². The van der Waals surface area contributed by atoms with Crippen LogP contribution in [0.3, 0.4) is 0 Å². The molecule has 135 valence electrons. The Labute approximate surface area is 181 Å². The molecule has 1 saturated carbocycles. The molecule has 2 atom stereocenters. The van der Waals surface area contributed by atoms with Crippen molar-refractivity contribution in [1.82, 2.24) is 0 Å². The van der Waals surface area contributed by atoms with Gasteiger partial charge in [0.2, 0.25) is 0 Å². The second-order valence-corrected chi connectivity index (χ2v) is 6.75. The SMILES string of the molecule is O=C1CC[C@H](CCc2cc[c-]cc2)[C@H]1COc1cccc(CCO)c1.[Y]. The standard InChI is InChI=1S/C22H25O3.Y/c23-14-13-18-7-4-8-20(15-18)25-16-21-19(11-12-22(21)24)10-9-17-5-2-1-3-6-17;/h2-8,15,19,21,23H,9-14,16H2;/q-1;/t19-,21+;/m0./s1. The van der Waals surface area contributed by atoms with Gasteiger partial charge in [0.05, 0.1) is 12.5 Å². The van der Waals surface area contributed by atoms with Gasteiger partial charge in [-0.3, -0.25) is 4.79 Å². The number of Topliss-reactive ketones (excluding diaryl/α,β-unsaturated/α-hetero) is 1. The summed E-state index contributed by atoms with van der Waals surface area (Å²) in [5.74, 6) is 1.51.